The maximum absolute atomic E-state index is 13.6. The van der Waals surface area contributed by atoms with Crippen LogP contribution in [-0.4, -0.2) is 156 Å². The Hall–Kier alpha value is -18.1. The van der Waals surface area contributed by atoms with Crippen molar-refractivity contribution in [2.75, 3.05) is 56.4 Å². The number of carbonyl (C=O) groups is 7. The standard InChI is InChI=1S/C26H24N2O7.C25H24N2O6.C15H13NO6.C15H13NO5.C15H14O3.C8H8O3/c1-33-23-13-20(21(28(31)32)14-24(23)35-16-17-8-4-3-5-9-17)25(29)27-15-19-11-7-6-10-18(19)12-22(27)26(30)34-2;1-32-23-12-21(22(27(30)31)13-24(23)33-16-17-7-3-2-4-8-17)25(29)26-14-19-10-6-5-9-18(19)11-20(26)15-28;1-21-13-7-11(15(17)18)12(16(19)20)8-14(13)22-9-10-5-3-2-4-6-10;1-20-14-7-12(9-17)13(16(18)19)8-15(14)21-10-11-5-3-2-4-6-11;1-17-15-9-13(10-16)7-8-14(15)18-11-12-5-3-2-4-6-12;1-11-8-4-6(5-9)2-3-7(8)10/h3-11,13-14,22H,12,15-16H2,1-2H3;2-10,12-13,20,28H,11,14-16H2,1H3;2-8H,9H2,1H3,(H,17,18);2-9H,10H2,1H3;2-10H,11H2,1H3;2-5,10H,1H3/t22-;20-;;;;/m00..../s1. The lowest BCUT2D eigenvalue weighted by molar-refractivity contribution is -0.385. The van der Waals surface area contributed by atoms with E-state index in [0.29, 0.717) is 54.0 Å². The van der Waals surface area contributed by atoms with Gasteiger partial charge in [-0.2, -0.15) is 0 Å². The first-order chi connectivity index (χ1) is 67.7. The molecule has 0 fully saturated rings. The molecular formula is C104H96N6O30. The fourth-order valence-corrected chi connectivity index (χ4v) is 14.2. The normalized spacial score (nSPS) is 12.2. The Morgan fingerprint density at radius 3 is 1.00 bits per heavy atom. The van der Waals surface area contributed by atoms with Crippen LogP contribution in [0.4, 0.5) is 22.7 Å². The molecule has 0 spiro atoms. The minimum Gasteiger partial charge on any atom is -0.504 e. The van der Waals surface area contributed by atoms with Gasteiger partial charge in [0.2, 0.25) is 0 Å². The Labute approximate surface area is 802 Å². The number of hydrogen-bond acceptors (Lipinski definition) is 29. The van der Waals surface area contributed by atoms with E-state index in [2.05, 4.69) is 0 Å². The number of phenols is 1. The number of fused-ring (bicyclic) bond motifs is 2. The first kappa shape index (κ1) is 104. The Morgan fingerprint density at radius 1 is 0.343 bits per heavy atom. The number of carbonyl (C=O) groups excluding carboxylic acids is 6. The van der Waals surface area contributed by atoms with Gasteiger partial charge in [0.15, 0.2) is 75.3 Å². The van der Waals surface area contributed by atoms with Crippen LogP contribution in [0.2, 0.25) is 0 Å². The summed E-state index contributed by atoms with van der Waals surface area (Å²) in [6, 6.07) is 80.0. The molecule has 0 aromatic heterocycles. The average molecular weight is 1910 g/mol. The van der Waals surface area contributed by atoms with Crippen LogP contribution >= 0.6 is 0 Å². The molecule has 0 saturated carbocycles. The van der Waals surface area contributed by atoms with Crippen molar-refractivity contribution in [1.29, 1.82) is 0 Å². The molecule has 2 heterocycles. The number of aromatic carboxylic acids is 1. The van der Waals surface area contributed by atoms with Crippen molar-refractivity contribution in [1.82, 2.24) is 9.80 Å². The molecule has 0 radical (unpaired) electrons. The van der Waals surface area contributed by atoms with Crippen molar-refractivity contribution in [3.63, 3.8) is 0 Å². The number of aromatic hydroxyl groups is 1. The molecular weight excluding hydrogens is 1810 g/mol. The number of nitrogens with zero attached hydrogens (tertiary/aromatic N) is 6. The van der Waals surface area contributed by atoms with Crippen LogP contribution < -0.4 is 52.1 Å². The molecule has 0 saturated heterocycles. The molecule has 0 bridgehead atoms. The van der Waals surface area contributed by atoms with Gasteiger partial charge in [-0.25, -0.2) is 9.59 Å². The second-order valence-electron chi connectivity index (χ2n) is 30.2. The molecule has 3 N–H and O–H groups in total. The number of amides is 2. The van der Waals surface area contributed by atoms with Gasteiger partial charge in [-0.3, -0.25) is 64.4 Å². The summed E-state index contributed by atoms with van der Waals surface area (Å²) in [6.07, 6.45) is 2.62. The van der Waals surface area contributed by atoms with Gasteiger partial charge in [-0.05, 0) is 92.9 Å². The third kappa shape index (κ3) is 28.3. The van der Waals surface area contributed by atoms with Gasteiger partial charge in [0.05, 0.1) is 112 Å². The van der Waals surface area contributed by atoms with Gasteiger partial charge >= 0.3 is 11.9 Å². The van der Waals surface area contributed by atoms with E-state index < -0.39 is 72.5 Å². The maximum atomic E-state index is 13.6. The van der Waals surface area contributed by atoms with E-state index in [9.17, 15) is 79.1 Å². The summed E-state index contributed by atoms with van der Waals surface area (Å²) in [5, 5.41) is 73.8. The first-order valence-corrected chi connectivity index (χ1v) is 42.6. The van der Waals surface area contributed by atoms with E-state index in [0.717, 1.165) is 68.5 Å². The van der Waals surface area contributed by atoms with Gasteiger partial charge < -0.3 is 82.0 Å². The monoisotopic (exact) mass is 1910 g/mol. The van der Waals surface area contributed by atoms with Gasteiger partial charge in [0.25, 0.3) is 34.6 Å². The Morgan fingerprint density at radius 2 is 0.650 bits per heavy atom. The number of aliphatic hydroxyl groups is 1. The molecule has 2 amide bonds. The zero-order chi connectivity index (χ0) is 101. The molecule has 36 nitrogen and oxygen atoms in total. The van der Waals surface area contributed by atoms with Crippen molar-refractivity contribution >= 4 is 65.4 Å². The van der Waals surface area contributed by atoms with Crippen molar-refractivity contribution < 1.29 is 125 Å². The van der Waals surface area contributed by atoms with Gasteiger partial charge in [-0.1, -0.05) is 200 Å². The van der Waals surface area contributed by atoms with Crippen LogP contribution in [-0.2, 0) is 68.5 Å². The van der Waals surface area contributed by atoms with E-state index in [4.69, 9.17) is 67.1 Å². The molecule has 13 aromatic rings. The Balaban J connectivity index is 0.000000179. The number of benzene rings is 13. The van der Waals surface area contributed by atoms with E-state index >= 15 is 0 Å². The third-order valence-corrected chi connectivity index (χ3v) is 21.4. The minimum atomic E-state index is -1.40. The van der Waals surface area contributed by atoms with Crippen molar-refractivity contribution in [2.24, 2.45) is 0 Å². The predicted octanol–water partition coefficient (Wildman–Crippen LogP) is 17.8. The van der Waals surface area contributed by atoms with Gasteiger partial charge in [0, 0.05) is 54.9 Å². The maximum Gasteiger partial charge on any atom is 0.342 e. The second-order valence-corrected chi connectivity index (χ2v) is 30.2. The zero-order valence-corrected chi connectivity index (χ0v) is 76.6. The lowest BCUT2D eigenvalue weighted by Crippen LogP contribution is -2.49. The summed E-state index contributed by atoms with van der Waals surface area (Å²) < 4.78 is 64.1. The molecule has 2 aliphatic rings. The average Bonchev–Trinajstić information content (AvgIpc) is 0.754. The van der Waals surface area contributed by atoms with Crippen LogP contribution in [0.25, 0.3) is 0 Å². The summed E-state index contributed by atoms with van der Waals surface area (Å²) in [6.45, 7) is 1.37. The number of phenolic OH excluding ortho intramolecular Hbond substituents is 1. The third-order valence-electron chi connectivity index (χ3n) is 21.4. The SMILES string of the molecule is COC(=O)[C@@H]1Cc2ccccc2CN1C(=O)c1cc(OC)c(OCc2ccccc2)cc1[N+](=O)[O-].COc1cc(C(=O)N2Cc3ccccc3C[C@H]2CO)c([N+](=O)[O-])cc1OCc1ccccc1.COc1cc(C(=O)O)c([N+](=O)[O-])cc1OCc1ccccc1.COc1cc(C=O)c([N+](=O)[O-])cc1OCc1ccccc1.COc1cc(C=O)ccc1O.COc1cc(C=O)ccc1OCc1ccccc1. The van der Waals surface area contributed by atoms with Gasteiger partial charge in [-0.15, -0.1) is 0 Å². The van der Waals surface area contributed by atoms with E-state index in [-0.39, 0.29) is 132 Å². The Kier molecular flexibility index (Phi) is 38.6. The highest BCUT2D eigenvalue weighted by Gasteiger charge is 2.40. The Bertz CT molecular complexity index is 6500. The number of nitro benzene ring substituents is 4. The van der Waals surface area contributed by atoms with E-state index in [1.807, 2.05) is 200 Å². The summed E-state index contributed by atoms with van der Waals surface area (Å²) in [4.78, 5) is 128. The first-order valence-electron chi connectivity index (χ1n) is 42.6. The molecule has 2 aliphatic heterocycles. The summed E-state index contributed by atoms with van der Waals surface area (Å²) in [7, 11) is 9.78. The van der Waals surface area contributed by atoms with Crippen LogP contribution in [0.3, 0.4) is 0 Å². The number of rotatable bonds is 33. The number of hydrogen-bond donors (Lipinski definition) is 3. The molecule has 722 valence electrons. The number of aldehydes is 3. The van der Waals surface area contributed by atoms with Crippen LogP contribution in [0.1, 0.15) is 112 Å². The summed E-state index contributed by atoms with van der Waals surface area (Å²) >= 11 is 0. The number of nitro groups is 4. The van der Waals surface area contributed by atoms with Gasteiger partial charge in [0.1, 0.15) is 68.3 Å². The number of methoxy groups -OCH3 is 7. The van der Waals surface area contributed by atoms with Crippen molar-refractivity contribution in [3.8, 4) is 69.0 Å². The number of aliphatic hydroxyl groups excluding tert-OH is 1. The second kappa shape index (κ2) is 52.0. The van der Waals surface area contributed by atoms with Crippen molar-refractivity contribution in [3.05, 3.63) is 409 Å². The van der Waals surface area contributed by atoms with Crippen molar-refractivity contribution in [2.45, 2.75) is 71.0 Å². The smallest absolute Gasteiger partial charge is 0.342 e. The zero-order valence-electron chi connectivity index (χ0n) is 76.6. The molecule has 13 aromatic carbocycles. The minimum absolute atomic E-state index is 0.0399. The number of esters is 1. The lowest BCUT2D eigenvalue weighted by atomic mass is 9.93. The fourth-order valence-electron chi connectivity index (χ4n) is 14.2. The quantitative estimate of drug-likeness (QED) is 0.0149. The molecule has 0 unspecified atom stereocenters. The molecule has 0 aliphatic carbocycles. The molecule has 140 heavy (non-hydrogen) atoms. The van der Waals surface area contributed by atoms with Crippen LogP contribution in [0.15, 0.2) is 285 Å². The number of carboxylic acid groups (broad SMARTS) is 1. The number of ether oxygens (including phenoxy) is 12. The lowest BCUT2D eigenvalue weighted by Gasteiger charge is -2.36. The molecule has 36 heteroatoms. The summed E-state index contributed by atoms with van der Waals surface area (Å²) in [5.41, 5.74) is 6.98. The highest BCUT2D eigenvalue weighted by molar-refractivity contribution is 6.02. The predicted molar refractivity (Wildman–Crippen MR) is 510 cm³/mol. The van der Waals surface area contributed by atoms with E-state index in [1.165, 1.54) is 107 Å². The fraction of sp³-hybridized carbons (Fsp3) is 0.183. The largest absolute Gasteiger partial charge is 0.504 e. The molecule has 2 atom stereocenters. The van der Waals surface area contributed by atoms with Crippen LogP contribution in [0.5, 0.6) is 69.0 Å². The highest BCUT2D eigenvalue weighted by atomic mass is 16.6. The topological polar surface area (TPSA) is 470 Å². The highest BCUT2D eigenvalue weighted by Crippen LogP contribution is 2.42. The summed E-state index contributed by atoms with van der Waals surface area (Å²) in [5.74, 6) is -0.225. The van der Waals surface area contributed by atoms with Crippen LogP contribution in [0, 0.1) is 40.5 Å². The van der Waals surface area contributed by atoms with E-state index in [1.54, 1.807) is 25.3 Å². The molecule has 15 rings (SSSR count). The number of carboxylic acids is 1.